The molecule has 222 valence electrons. The predicted molar refractivity (Wildman–Crippen MR) is 185 cm³/mol. The molecule has 5 nitrogen and oxygen atoms in total. The van der Waals surface area contributed by atoms with Gasteiger partial charge in [-0.2, -0.15) is 0 Å². The van der Waals surface area contributed by atoms with Crippen LogP contribution in [0, 0.1) is 0 Å². The quantitative estimate of drug-likeness (QED) is 0.197. The van der Waals surface area contributed by atoms with Crippen LogP contribution in [-0.4, -0.2) is 28.3 Å². The monoisotopic (exact) mass is 601 g/mol. The molecule has 10 rings (SSSR count). The first-order valence-electron chi connectivity index (χ1n) is 18.3. The highest BCUT2D eigenvalue weighted by molar-refractivity contribution is 6.09. The summed E-state index contributed by atoms with van der Waals surface area (Å²) in [6.07, 6.45) is 2.76. The molecule has 1 saturated carbocycles. The molecule has 2 aliphatic carbocycles. The zero-order valence-electron chi connectivity index (χ0n) is 29.9. The van der Waals surface area contributed by atoms with Crippen molar-refractivity contribution in [2.75, 3.05) is 16.5 Å². The van der Waals surface area contributed by atoms with Gasteiger partial charge in [-0.25, -0.2) is 4.98 Å². The average Bonchev–Trinajstić information content (AvgIpc) is 3.92. The highest BCUT2D eigenvalue weighted by Gasteiger charge is 2.58. The van der Waals surface area contributed by atoms with Crippen molar-refractivity contribution in [1.82, 2.24) is 9.55 Å². The third-order valence-corrected chi connectivity index (χ3v) is 10.2. The van der Waals surface area contributed by atoms with Gasteiger partial charge in [-0.05, 0) is 72.1 Å². The maximum absolute atomic E-state index is 8.86. The number of para-hydroxylation sites is 2. The Labute approximate surface area is 274 Å². The van der Waals surface area contributed by atoms with Gasteiger partial charge in [-0.1, -0.05) is 72.7 Å². The first kappa shape index (κ1) is 21.2. The maximum atomic E-state index is 8.86. The van der Waals surface area contributed by atoms with Crippen LogP contribution < -0.4 is 14.5 Å². The maximum Gasteiger partial charge on any atom is 0.137 e. The van der Waals surface area contributed by atoms with Crippen LogP contribution in [0.2, 0.25) is 0 Å². The molecule has 2 aromatic heterocycles. The molecule has 7 aromatic rings. The van der Waals surface area contributed by atoms with E-state index in [0.29, 0.717) is 18.2 Å². The standard InChI is InChI=1S/C41H32N4O/c1-2-11-27(12-3-1)43-26-44(41-36-25-35(40(41)43)31-15-4-5-16-32(31)36)28-13-10-14-29(23-28)46-30-20-21-34-33-17-6-7-18-37(33)45(38(34)24-30)39-19-8-9-22-42-39/h1-24,35-36,40-41H,25-26H2/t35-,36+,40?,41?/m0/s1/i1D,2D,3D,11D,12D. The minimum atomic E-state index is -0.372. The first-order valence-corrected chi connectivity index (χ1v) is 15.8. The van der Waals surface area contributed by atoms with E-state index >= 15 is 0 Å². The lowest BCUT2D eigenvalue weighted by molar-refractivity contribution is 0.482. The minimum absolute atomic E-state index is 0.0472. The predicted octanol–water partition coefficient (Wildman–Crippen LogP) is 9.28. The molecule has 2 fully saturated rings. The Morgan fingerprint density at radius 3 is 2.15 bits per heavy atom. The molecule has 2 bridgehead atoms. The smallest absolute Gasteiger partial charge is 0.137 e. The van der Waals surface area contributed by atoms with Crippen molar-refractivity contribution in [1.29, 1.82) is 0 Å². The Kier molecular flexibility index (Phi) is 4.61. The van der Waals surface area contributed by atoms with E-state index in [1.165, 1.54) is 11.1 Å². The molecular weight excluding hydrogens is 564 g/mol. The van der Waals surface area contributed by atoms with E-state index in [2.05, 4.69) is 86.1 Å². The zero-order valence-corrected chi connectivity index (χ0v) is 24.9. The molecule has 0 N–H and O–H groups in total. The Hall–Kier alpha value is -5.55. The van der Waals surface area contributed by atoms with Crippen LogP contribution in [0.4, 0.5) is 11.4 Å². The van der Waals surface area contributed by atoms with Gasteiger partial charge in [0.2, 0.25) is 0 Å². The molecule has 3 aliphatic rings. The molecule has 3 heterocycles. The second kappa shape index (κ2) is 9.98. The second-order valence-corrected chi connectivity index (χ2v) is 12.4. The lowest BCUT2D eigenvalue weighted by Gasteiger charge is -2.34. The molecule has 1 aliphatic heterocycles. The van der Waals surface area contributed by atoms with Crippen molar-refractivity contribution in [3.05, 3.63) is 157 Å². The molecule has 46 heavy (non-hydrogen) atoms. The van der Waals surface area contributed by atoms with E-state index < -0.39 is 0 Å². The van der Waals surface area contributed by atoms with Crippen molar-refractivity contribution < 1.29 is 11.6 Å². The number of anilines is 2. The number of pyridine rings is 1. The summed E-state index contributed by atoms with van der Waals surface area (Å²) in [7, 11) is 0. The van der Waals surface area contributed by atoms with Crippen LogP contribution in [0.1, 0.15) is 36.2 Å². The SMILES string of the molecule is [2H]c1c([2H])c([2H])c(N2CN(c3cccc(Oc4ccc5c6ccccc6n(-c6ccccn6)c5c4)c3)C3C2[C@H]2C[C@@H]3c3ccccc32)c([2H])c1[2H]. The molecule has 0 radical (unpaired) electrons. The minimum Gasteiger partial charge on any atom is -0.457 e. The van der Waals surface area contributed by atoms with Crippen molar-refractivity contribution >= 4 is 33.2 Å². The van der Waals surface area contributed by atoms with E-state index in [9.17, 15) is 0 Å². The van der Waals surface area contributed by atoms with E-state index in [1.807, 2.05) is 42.5 Å². The Bertz CT molecular complexity index is 2510. The number of fused-ring (bicyclic) bond motifs is 11. The number of benzene rings is 5. The third kappa shape index (κ3) is 3.78. The summed E-state index contributed by atoms with van der Waals surface area (Å²) in [5.74, 6) is 2.67. The summed E-state index contributed by atoms with van der Waals surface area (Å²) in [6, 6.07) is 35.8. The van der Waals surface area contributed by atoms with E-state index in [0.717, 1.165) is 39.7 Å². The molecule has 0 amide bonds. The van der Waals surface area contributed by atoms with Gasteiger partial charge in [0.05, 0.1) is 36.6 Å². The van der Waals surface area contributed by atoms with Gasteiger partial charge in [0.1, 0.15) is 17.3 Å². The largest absolute Gasteiger partial charge is 0.457 e. The molecule has 5 aromatic carbocycles. The third-order valence-electron chi connectivity index (χ3n) is 10.2. The zero-order chi connectivity index (χ0) is 34.5. The first-order chi connectivity index (χ1) is 24.9. The number of nitrogens with zero attached hydrogens (tertiary/aromatic N) is 4. The molecule has 1 saturated heterocycles. The molecular formula is C41H32N4O. The summed E-state index contributed by atoms with van der Waals surface area (Å²) >= 11 is 0. The van der Waals surface area contributed by atoms with Gasteiger partial charge in [0.25, 0.3) is 0 Å². The Morgan fingerprint density at radius 1 is 0.630 bits per heavy atom. The summed E-state index contributed by atoms with van der Waals surface area (Å²) in [4.78, 5) is 9.08. The number of rotatable bonds is 5. The molecule has 0 spiro atoms. The molecule has 4 atom stereocenters. The molecule has 2 unspecified atom stereocenters. The average molecular weight is 602 g/mol. The van der Waals surface area contributed by atoms with Gasteiger partial charge in [-0.3, -0.25) is 4.57 Å². The van der Waals surface area contributed by atoms with Crippen molar-refractivity contribution in [3.63, 3.8) is 0 Å². The fourth-order valence-electron chi connectivity index (χ4n) is 8.46. The summed E-state index contributed by atoms with van der Waals surface area (Å²) < 4.78 is 51.6. The fraction of sp³-hybridized carbons (Fsp3) is 0.146. The summed E-state index contributed by atoms with van der Waals surface area (Å²) in [5.41, 5.74) is 5.96. The van der Waals surface area contributed by atoms with E-state index in [-0.39, 0.29) is 59.8 Å². The Morgan fingerprint density at radius 2 is 1.35 bits per heavy atom. The van der Waals surface area contributed by atoms with Crippen molar-refractivity contribution in [2.45, 2.75) is 30.3 Å². The summed E-state index contributed by atoms with van der Waals surface area (Å²) in [6.45, 7) is 0.393. The van der Waals surface area contributed by atoms with Gasteiger partial charge < -0.3 is 14.5 Å². The molecule has 5 heteroatoms. The summed E-state index contributed by atoms with van der Waals surface area (Å²) in [5, 5.41) is 2.26. The normalized spacial score (nSPS) is 22.7. The van der Waals surface area contributed by atoms with Crippen LogP contribution in [0.15, 0.2) is 146 Å². The second-order valence-electron chi connectivity index (χ2n) is 12.4. The van der Waals surface area contributed by atoms with Gasteiger partial charge >= 0.3 is 0 Å². The van der Waals surface area contributed by atoms with Crippen LogP contribution >= 0.6 is 0 Å². The lowest BCUT2D eigenvalue weighted by Crippen LogP contribution is -2.41. The van der Waals surface area contributed by atoms with E-state index in [4.69, 9.17) is 11.6 Å². The van der Waals surface area contributed by atoms with Crippen molar-refractivity contribution in [2.24, 2.45) is 0 Å². The number of aromatic nitrogens is 2. The van der Waals surface area contributed by atoms with E-state index in [1.54, 1.807) is 6.20 Å². The van der Waals surface area contributed by atoms with Crippen LogP contribution in [-0.2, 0) is 0 Å². The topological polar surface area (TPSA) is 33.5 Å². The lowest BCUT2D eigenvalue weighted by atomic mass is 9.84. The van der Waals surface area contributed by atoms with Gasteiger partial charge in [-0.15, -0.1) is 0 Å². The van der Waals surface area contributed by atoms with Crippen LogP contribution in [0.25, 0.3) is 27.6 Å². The van der Waals surface area contributed by atoms with Crippen molar-refractivity contribution in [3.8, 4) is 17.3 Å². The van der Waals surface area contributed by atoms with Crippen LogP contribution in [0.5, 0.6) is 11.5 Å². The van der Waals surface area contributed by atoms with Gasteiger partial charge in [0, 0.05) is 52.3 Å². The Balaban J connectivity index is 1.05. The number of ether oxygens (including phenoxy) is 1. The number of hydrogen-bond acceptors (Lipinski definition) is 4. The highest BCUT2D eigenvalue weighted by atomic mass is 16.5. The highest BCUT2D eigenvalue weighted by Crippen LogP contribution is 2.59. The fourth-order valence-corrected chi connectivity index (χ4v) is 8.46. The number of hydrogen-bond donors (Lipinski definition) is 0. The van der Waals surface area contributed by atoms with Gasteiger partial charge in [0.15, 0.2) is 0 Å². The van der Waals surface area contributed by atoms with Crippen LogP contribution in [0.3, 0.4) is 0 Å².